The van der Waals surface area contributed by atoms with E-state index in [0.29, 0.717) is 0 Å². The van der Waals surface area contributed by atoms with Crippen LogP contribution in [0.3, 0.4) is 0 Å². The average molecular weight is 277 g/mol. The average Bonchev–Trinajstić information content (AvgIpc) is 2.36. The molecular weight excluding hydrogens is 250 g/mol. The van der Waals surface area contributed by atoms with Crippen molar-refractivity contribution in [3.8, 4) is 0 Å². The summed E-state index contributed by atoms with van der Waals surface area (Å²) in [6.45, 7) is 8.71. The fourth-order valence-electron chi connectivity index (χ4n) is 2.87. The molecule has 0 radical (unpaired) electrons. The highest BCUT2D eigenvalue weighted by atomic mass is 16.1. The monoisotopic (exact) mass is 277 g/mol. The third kappa shape index (κ3) is 2.96. The summed E-state index contributed by atoms with van der Waals surface area (Å²) in [5.41, 5.74) is 8.94. The van der Waals surface area contributed by atoms with Gasteiger partial charge in [-0.05, 0) is 38.9 Å². The summed E-state index contributed by atoms with van der Waals surface area (Å²) < 4.78 is 1.98. The van der Waals surface area contributed by atoms with Gasteiger partial charge in [-0.2, -0.15) is 0 Å². The number of hydrogen-bond donors (Lipinski definition) is 1. The fourth-order valence-corrected chi connectivity index (χ4v) is 2.87. The first kappa shape index (κ1) is 15.3. The van der Waals surface area contributed by atoms with Crippen molar-refractivity contribution < 1.29 is 0 Å². The highest BCUT2D eigenvalue weighted by molar-refractivity contribution is 5.32. The topological polar surface area (TPSA) is 51.3 Å². The Labute approximate surface area is 121 Å². The molecule has 2 heterocycles. The van der Waals surface area contributed by atoms with E-state index < -0.39 is 5.54 Å². The van der Waals surface area contributed by atoms with Gasteiger partial charge in [0.1, 0.15) is 0 Å². The van der Waals surface area contributed by atoms with Crippen molar-refractivity contribution in [2.75, 3.05) is 13.6 Å². The minimum atomic E-state index is -0.587. The van der Waals surface area contributed by atoms with E-state index in [0.717, 1.165) is 44.5 Å². The molecule has 4 heteroatoms. The molecule has 0 saturated heterocycles. The van der Waals surface area contributed by atoms with Crippen LogP contribution in [0, 0.1) is 0 Å². The van der Waals surface area contributed by atoms with E-state index in [-0.39, 0.29) is 5.56 Å². The maximum atomic E-state index is 12.7. The molecule has 1 aliphatic rings. The fraction of sp³-hybridized carbons (Fsp3) is 0.688. The zero-order valence-corrected chi connectivity index (χ0v) is 13.2. The Balaban J connectivity index is 2.58. The van der Waals surface area contributed by atoms with E-state index in [1.165, 1.54) is 11.3 Å². The molecule has 0 saturated carbocycles. The number of aromatic nitrogens is 1. The maximum absolute atomic E-state index is 12.7. The van der Waals surface area contributed by atoms with Crippen molar-refractivity contribution in [1.82, 2.24) is 9.47 Å². The molecule has 112 valence electrons. The first-order valence-corrected chi connectivity index (χ1v) is 7.58. The minimum absolute atomic E-state index is 0.106. The Kier molecular flexibility index (Phi) is 4.35. The second-order valence-corrected chi connectivity index (χ2v) is 6.55. The number of likely N-dealkylation sites (N-methyl/N-ethyl adjacent to an activating group) is 1. The van der Waals surface area contributed by atoms with E-state index in [4.69, 9.17) is 5.73 Å². The summed E-state index contributed by atoms with van der Waals surface area (Å²) in [6, 6.07) is 2.04. The number of nitrogens with two attached hydrogens (primary N) is 1. The number of unbranched alkanes of at least 4 members (excludes halogenated alkanes) is 1. The van der Waals surface area contributed by atoms with E-state index >= 15 is 0 Å². The van der Waals surface area contributed by atoms with Gasteiger partial charge >= 0.3 is 0 Å². The van der Waals surface area contributed by atoms with Gasteiger partial charge in [0.2, 0.25) is 0 Å². The molecule has 0 unspecified atom stereocenters. The lowest BCUT2D eigenvalue weighted by Crippen LogP contribution is -2.41. The number of pyridine rings is 1. The SMILES string of the molecule is CCCCn1c2c(cc(C(C)(C)N)c1=O)CN(C)CC2. The van der Waals surface area contributed by atoms with Crippen LogP contribution in [0.15, 0.2) is 10.9 Å². The van der Waals surface area contributed by atoms with Crippen LogP contribution in [-0.4, -0.2) is 23.1 Å². The van der Waals surface area contributed by atoms with Gasteiger partial charge in [-0.15, -0.1) is 0 Å². The molecule has 1 aromatic rings. The molecule has 0 spiro atoms. The molecule has 4 nitrogen and oxygen atoms in total. The van der Waals surface area contributed by atoms with Crippen molar-refractivity contribution in [1.29, 1.82) is 0 Å². The van der Waals surface area contributed by atoms with Crippen LogP contribution >= 0.6 is 0 Å². The van der Waals surface area contributed by atoms with E-state index in [9.17, 15) is 4.79 Å². The molecule has 0 bridgehead atoms. The van der Waals surface area contributed by atoms with Crippen LogP contribution in [0.5, 0.6) is 0 Å². The molecule has 0 aliphatic carbocycles. The Hall–Kier alpha value is -1.13. The summed E-state index contributed by atoms with van der Waals surface area (Å²) in [6.07, 6.45) is 3.09. The van der Waals surface area contributed by atoms with Crippen LogP contribution in [0.1, 0.15) is 50.4 Å². The predicted octanol–water partition coefficient (Wildman–Crippen LogP) is 1.83. The normalized spacial score (nSPS) is 16.2. The molecular formula is C16H27N3O. The molecule has 1 aromatic heterocycles. The molecule has 2 N–H and O–H groups in total. The van der Waals surface area contributed by atoms with Crippen LogP contribution in [0.25, 0.3) is 0 Å². The van der Waals surface area contributed by atoms with Gasteiger partial charge in [0.25, 0.3) is 5.56 Å². The van der Waals surface area contributed by atoms with Crippen molar-refractivity contribution >= 4 is 0 Å². The lowest BCUT2D eigenvalue weighted by molar-refractivity contribution is 0.302. The zero-order chi connectivity index (χ0) is 14.9. The van der Waals surface area contributed by atoms with Crippen molar-refractivity contribution in [3.05, 3.63) is 33.2 Å². The van der Waals surface area contributed by atoms with E-state index in [1.807, 2.05) is 24.5 Å². The summed E-state index contributed by atoms with van der Waals surface area (Å²) in [5.74, 6) is 0. The van der Waals surface area contributed by atoms with Gasteiger partial charge in [-0.1, -0.05) is 13.3 Å². The maximum Gasteiger partial charge on any atom is 0.255 e. The van der Waals surface area contributed by atoms with Crippen LogP contribution in [-0.2, 0) is 25.0 Å². The molecule has 0 fully saturated rings. The Morgan fingerprint density at radius 3 is 2.70 bits per heavy atom. The predicted molar refractivity (Wildman–Crippen MR) is 82.9 cm³/mol. The molecule has 0 atom stereocenters. The third-order valence-corrected chi connectivity index (χ3v) is 4.09. The van der Waals surface area contributed by atoms with Crippen LogP contribution in [0.2, 0.25) is 0 Å². The Bertz CT molecular complexity index is 540. The molecule has 1 aliphatic heterocycles. The molecule has 0 aromatic carbocycles. The van der Waals surface area contributed by atoms with Crippen molar-refractivity contribution in [2.24, 2.45) is 5.73 Å². The van der Waals surface area contributed by atoms with Crippen LogP contribution in [0.4, 0.5) is 0 Å². The van der Waals surface area contributed by atoms with Gasteiger partial charge in [0, 0.05) is 42.9 Å². The minimum Gasteiger partial charge on any atom is -0.322 e. The number of rotatable bonds is 4. The van der Waals surface area contributed by atoms with Gasteiger partial charge in [0.15, 0.2) is 0 Å². The Morgan fingerprint density at radius 2 is 2.10 bits per heavy atom. The van der Waals surface area contributed by atoms with Gasteiger partial charge < -0.3 is 15.2 Å². The molecule has 2 rings (SSSR count). The summed E-state index contributed by atoms with van der Waals surface area (Å²) in [4.78, 5) is 15.0. The lowest BCUT2D eigenvalue weighted by Gasteiger charge is -2.30. The standard InChI is InChI=1S/C16H27N3O/c1-5-6-8-19-14-7-9-18(4)11-12(14)10-13(15(19)20)16(2,3)17/h10H,5-9,11,17H2,1-4H3. The second-order valence-electron chi connectivity index (χ2n) is 6.55. The van der Waals surface area contributed by atoms with Gasteiger partial charge in [-0.3, -0.25) is 4.79 Å². The molecule has 20 heavy (non-hydrogen) atoms. The largest absolute Gasteiger partial charge is 0.322 e. The van der Waals surface area contributed by atoms with Crippen molar-refractivity contribution in [2.45, 2.75) is 58.7 Å². The number of fused-ring (bicyclic) bond motifs is 1. The quantitative estimate of drug-likeness (QED) is 0.913. The van der Waals surface area contributed by atoms with Crippen LogP contribution < -0.4 is 11.3 Å². The van der Waals surface area contributed by atoms with E-state index in [2.05, 4.69) is 18.9 Å². The number of nitrogens with zero attached hydrogens (tertiary/aromatic N) is 2. The zero-order valence-electron chi connectivity index (χ0n) is 13.2. The number of hydrogen-bond acceptors (Lipinski definition) is 3. The van der Waals surface area contributed by atoms with Crippen molar-refractivity contribution in [3.63, 3.8) is 0 Å². The highest BCUT2D eigenvalue weighted by Gasteiger charge is 2.25. The second kappa shape index (κ2) is 5.70. The van der Waals surface area contributed by atoms with Gasteiger partial charge in [-0.25, -0.2) is 0 Å². The first-order chi connectivity index (χ1) is 9.34. The highest BCUT2D eigenvalue weighted by Crippen LogP contribution is 2.22. The van der Waals surface area contributed by atoms with Gasteiger partial charge in [0.05, 0.1) is 0 Å². The summed E-state index contributed by atoms with van der Waals surface area (Å²) in [5, 5.41) is 0. The van der Waals surface area contributed by atoms with E-state index in [1.54, 1.807) is 0 Å². The smallest absolute Gasteiger partial charge is 0.255 e. The molecule has 0 amide bonds. The first-order valence-electron chi connectivity index (χ1n) is 7.58. The third-order valence-electron chi connectivity index (χ3n) is 4.09. The lowest BCUT2D eigenvalue weighted by atomic mass is 9.93. The Morgan fingerprint density at radius 1 is 1.40 bits per heavy atom. The summed E-state index contributed by atoms with van der Waals surface area (Å²) in [7, 11) is 2.12. The summed E-state index contributed by atoms with van der Waals surface area (Å²) >= 11 is 0.